The van der Waals surface area contributed by atoms with Gasteiger partial charge in [-0.15, -0.1) is 0 Å². The normalized spacial score (nSPS) is 38.7. The Kier molecular flexibility index (Phi) is 1.10. The predicted molar refractivity (Wildman–Crippen MR) is 64.2 cm³/mol. The summed E-state index contributed by atoms with van der Waals surface area (Å²) in [6.45, 7) is 0. The average Bonchev–Trinajstić information content (AvgIpc) is 2.86. The second-order valence-electron chi connectivity index (χ2n) is 5.13. The first-order chi connectivity index (χ1) is 8.31. The van der Waals surface area contributed by atoms with Crippen LogP contribution in [0.5, 0.6) is 0 Å². The fourth-order valence-electron chi connectivity index (χ4n) is 3.78. The van der Waals surface area contributed by atoms with E-state index in [1.807, 2.05) is 6.08 Å². The van der Waals surface area contributed by atoms with E-state index >= 15 is 0 Å². The summed E-state index contributed by atoms with van der Waals surface area (Å²) in [6.07, 6.45) is 6.22. The van der Waals surface area contributed by atoms with Crippen LogP contribution in [0.2, 0.25) is 0 Å². The van der Waals surface area contributed by atoms with Crippen LogP contribution in [-0.4, -0.2) is 16.8 Å². The molecule has 0 amide bonds. The van der Waals surface area contributed by atoms with Gasteiger partial charge in [0.15, 0.2) is 0 Å². The highest BCUT2D eigenvalue weighted by molar-refractivity contribution is 5.94. The van der Waals surface area contributed by atoms with Crippen LogP contribution in [0.15, 0.2) is 47.7 Å². The summed E-state index contributed by atoms with van der Waals surface area (Å²) in [6, 6.07) is 8.39. The van der Waals surface area contributed by atoms with E-state index in [0.717, 1.165) is 0 Å². The molecule has 5 rings (SSSR count). The maximum absolute atomic E-state index is 9.91. The van der Waals surface area contributed by atoms with E-state index in [-0.39, 0.29) is 17.6 Å². The van der Waals surface area contributed by atoms with Gasteiger partial charge in [0.25, 0.3) is 0 Å². The quantitative estimate of drug-likeness (QED) is 0.731. The van der Waals surface area contributed by atoms with Gasteiger partial charge < -0.3 is 9.84 Å². The molecule has 1 aromatic rings. The lowest BCUT2D eigenvalue weighted by Crippen LogP contribution is -2.53. The van der Waals surface area contributed by atoms with Crippen LogP contribution >= 0.6 is 0 Å². The standard InChI is InChI=1S/C15H10O2/c16-11-7-10-12-9-4-2-1-3-8(9)5-6-15(12)13(11)14(10)17-15/h1-7,13-14,16H. The summed E-state index contributed by atoms with van der Waals surface area (Å²) in [7, 11) is 0. The molecule has 1 aliphatic heterocycles. The monoisotopic (exact) mass is 222 g/mol. The number of ether oxygens (including phenoxy) is 1. The molecule has 2 heteroatoms. The van der Waals surface area contributed by atoms with Crippen LogP contribution in [0.4, 0.5) is 0 Å². The van der Waals surface area contributed by atoms with Crippen molar-refractivity contribution < 1.29 is 9.84 Å². The van der Waals surface area contributed by atoms with Gasteiger partial charge in [-0.1, -0.05) is 30.3 Å². The fourth-order valence-corrected chi connectivity index (χ4v) is 3.78. The van der Waals surface area contributed by atoms with Crippen LogP contribution in [0.3, 0.4) is 0 Å². The van der Waals surface area contributed by atoms with Crippen molar-refractivity contribution in [3.8, 4) is 0 Å². The first-order valence-electron chi connectivity index (χ1n) is 5.93. The lowest BCUT2D eigenvalue weighted by atomic mass is 9.73. The molecule has 0 radical (unpaired) electrons. The molecule has 1 N–H and O–H groups in total. The van der Waals surface area contributed by atoms with Crippen molar-refractivity contribution >= 4 is 11.6 Å². The molecule has 1 fully saturated rings. The Morgan fingerprint density at radius 2 is 2.12 bits per heavy atom. The molecular weight excluding hydrogens is 212 g/mol. The summed E-state index contributed by atoms with van der Waals surface area (Å²) in [4.78, 5) is 0. The molecule has 1 saturated heterocycles. The van der Waals surface area contributed by atoms with E-state index in [4.69, 9.17) is 4.74 Å². The van der Waals surface area contributed by atoms with Crippen LogP contribution in [-0.2, 0) is 4.74 Å². The lowest BCUT2D eigenvalue weighted by Gasteiger charge is -2.47. The zero-order valence-corrected chi connectivity index (χ0v) is 9.05. The number of hydrogen-bond acceptors (Lipinski definition) is 2. The van der Waals surface area contributed by atoms with Gasteiger partial charge in [-0.3, -0.25) is 0 Å². The van der Waals surface area contributed by atoms with Gasteiger partial charge in [0.2, 0.25) is 0 Å². The molecule has 82 valence electrons. The van der Waals surface area contributed by atoms with Crippen molar-refractivity contribution in [1.29, 1.82) is 0 Å². The number of hydrogen-bond donors (Lipinski definition) is 1. The Bertz CT molecular complexity index is 665. The largest absolute Gasteiger partial charge is 0.512 e. The first kappa shape index (κ1) is 8.31. The molecule has 4 aliphatic rings. The highest BCUT2D eigenvalue weighted by atomic mass is 16.5. The Morgan fingerprint density at radius 3 is 3.06 bits per heavy atom. The van der Waals surface area contributed by atoms with Crippen molar-refractivity contribution in [2.24, 2.45) is 5.92 Å². The second kappa shape index (κ2) is 2.24. The van der Waals surface area contributed by atoms with E-state index in [1.54, 1.807) is 0 Å². The number of aliphatic hydroxyl groups is 1. The van der Waals surface area contributed by atoms with Gasteiger partial charge in [0.05, 0.1) is 12.0 Å². The Hall–Kier alpha value is -1.80. The van der Waals surface area contributed by atoms with E-state index in [0.29, 0.717) is 5.76 Å². The highest BCUT2D eigenvalue weighted by Gasteiger charge is 2.69. The number of fused-ring (bicyclic) bond motifs is 2. The Morgan fingerprint density at radius 1 is 1.24 bits per heavy atom. The lowest BCUT2D eigenvalue weighted by molar-refractivity contribution is -0.153. The topological polar surface area (TPSA) is 29.5 Å². The molecule has 0 aromatic heterocycles. The van der Waals surface area contributed by atoms with E-state index in [2.05, 4.69) is 36.4 Å². The van der Waals surface area contributed by atoms with Crippen LogP contribution in [0, 0.1) is 5.92 Å². The summed E-state index contributed by atoms with van der Waals surface area (Å²) in [5.74, 6) is 0.626. The zero-order valence-electron chi connectivity index (χ0n) is 9.05. The van der Waals surface area contributed by atoms with Gasteiger partial charge >= 0.3 is 0 Å². The molecule has 1 spiro atoms. The summed E-state index contributed by atoms with van der Waals surface area (Å²) in [5.41, 5.74) is 4.62. The molecule has 1 aromatic carbocycles. The smallest absolute Gasteiger partial charge is 0.126 e. The van der Waals surface area contributed by atoms with Crippen molar-refractivity contribution in [3.05, 3.63) is 58.9 Å². The highest BCUT2D eigenvalue weighted by Crippen LogP contribution is 2.67. The van der Waals surface area contributed by atoms with Gasteiger partial charge in [-0.05, 0) is 28.9 Å². The third kappa shape index (κ3) is 0.669. The van der Waals surface area contributed by atoms with Crippen LogP contribution < -0.4 is 0 Å². The molecule has 3 unspecified atom stereocenters. The third-order valence-electron chi connectivity index (χ3n) is 4.44. The van der Waals surface area contributed by atoms with Crippen molar-refractivity contribution in [1.82, 2.24) is 0 Å². The first-order valence-corrected chi connectivity index (χ1v) is 5.93. The average molecular weight is 222 g/mol. The summed E-state index contributed by atoms with van der Waals surface area (Å²) < 4.78 is 5.98. The van der Waals surface area contributed by atoms with E-state index in [1.165, 1.54) is 22.3 Å². The number of rotatable bonds is 0. The molecule has 4 bridgehead atoms. The molecule has 17 heavy (non-hydrogen) atoms. The maximum atomic E-state index is 9.91. The third-order valence-corrected chi connectivity index (χ3v) is 4.44. The van der Waals surface area contributed by atoms with Crippen molar-refractivity contribution in [2.75, 3.05) is 0 Å². The second-order valence-corrected chi connectivity index (χ2v) is 5.13. The van der Waals surface area contributed by atoms with Crippen molar-refractivity contribution in [2.45, 2.75) is 11.7 Å². The van der Waals surface area contributed by atoms with Crippen LogP contribution in [0.1, 0.15) is 11.1 Å². The molecule has 2 nitrogen and oxygen atoms in total. The number of aliphatic hydroxyl groups excluding tert-OH is 1. The summed E-state index contributed by atoms with van der Waals surface area (Å²) in [5, 5.41) is 9.91. The minimum atomic E-state index is -0.354. The van der Waals surface area contributed by atoms with Crippen LogP contribution in [0.25, 0.3) is 11.6 Å². The van der Waals surface area contributed by atoms with Gasteiger partial charge in [0, 0.05) is 5.57 Å². The summed E-state index contributed by atoms with van der Waals surface area (Å²) >= 11 is 0. The Balaban J connectivity index is 1.90. The van der Waals surface area contributed by atoms with Gasteiger partial charge in [-0.25, -0.2) is 0 Å². The molecule has 3 aliphatic carbocycles. The number of benzene rings is 1. The van der Waals surface area contributed by atoms with E-state index < -0.39 is 0 Å². The zero-order chi connectivity index (χ0) is 11.2. The minimum Gasteiger partial charge on any atom is -0.512 e. The van der Waals surface area contributed by atoms with E-state index in [9.17, 15) is 5.11 Å². The van der Waals surface area contributed by atoms with Gasteiger partial charge in [0.1, 0.15) is 11.4 Å². The maximum Gasteiger partial charge on any atom is 0.126 e. The fraction of sp³-hybridized carbons (Fsp3) is 0.200. The van der Waals surface area contributed by atoms with Gasteiger partial charge in [-0.2, -0.15) is 0 Å². The SMILES string of the molecule is OC1=CC2=C3c4ccccc4C=CC34OC2C14. The molecule has 3 atom stereocenters. The molecular formula is C15H10O2. The Labute approximate surface area is 98.5 Å². The molecule has 0 saturated carbocycles. The minimum absolute atomic E-state index is 0.0980. The molecule has 1 heterocycles. The van der Waals surface area contributed by atoms with Crippen molar-refractivity contribution in [3.63, 3.8) is 0 Å². The predicted octanol–water partition coefficient (Wildman–Crippen LogP) is 2.69.